The van der Waals surface area contributed by atoms with Crippen LogP contribution in [0.5, 0.6) is 0 Å². The predicted octanol–water partition coefficient (Wildman–Crippen LogP) is 2.26. The van der Waals surface area contributed by atoms with Crippen molar-refractivity contribution in [3.8, 4) is 0 Å². The predicted molar refractivity (Wildman–Crippen MR) is 168 cm³/mol. The Kier molecular flexibility index (Phi) is 11.5. The van der Waals surface area contributed by atoms with Gasteiger partial charge in [-0.25, -0.2) is 13.2 Å². The molecule has 46 heavy (non-hydrogen) atoms. The van der Waals surface area contributed by atoms with Crippen LogP contribution in [0.2, 0.25) is 0 Å². The zero-order chi connectivity index (χ0) is 32.6. The lowest BCUT2D eigenvalue weighted by atomic mass is 10.0. The molecule has 2 aromatic rings. The summed E-state index contributed by atoms with van der Waals surface area (Å²) in [6.07, 6.45) is 0.316. The van der Waals surface area contributed by atoms with Crippen LogP contribution in [-0.2, 0) is 40.1 Å². The van der Waals surface area contributed by atoms with Crippen molar-refractivity contribution in [1.82, 2.24) is 16.1 Å². The number of alkyl carbamates (subject to hydrolysis) is 1. The van der Waals surface area contributed by atoms with Crippen molar-refractivity contribution in [3.63, 3.8) is 0 Å². The summed E-state index contributed by atoms with van der Waals surface area (Å²) in [5.74, 6) is -0.169. The van der Waals surface area contributed by atoms with Crippen LogP contribution >= 0.6 is 0 Å². The van der Waals surface area contributed by atoms with Crippen molar-refractivity contribution >= 4 is 27.5 Å². The van der Waals surface area contributed by atoms with Gasteiger partial charge in [0.1, 0.15) is 6.10 Å². The fourth-order valence-corrected chi connectivity index (χ4v) is 8.16. The highest BCUT2D eigenvalue weighted by Crippen LogP contribution is 2.41. The monoisotopic (exact) mass is 660 g/mol. The third-order valence-corrected chi connectivity index (χ3v) is 11.0. The van der Waals surface area contributed by atoms with E-state index in [1.165, 1.54) is 13.0 Å². The van der Waals surface area contributed by atoms with E-state index in [9.17, 15) is 23.1 Å². The molecule has 5 rings (SSSR count). The number of carbonyl (C=O) groups excluding carboxylic acids is 2. The van der Waals surface area contributed by atoms with Gasteiger partial charge >= 0.3 is 6.09 Å². The summed E-state index contributed by atoms with van der Waals surface area (Å²) in [5.41, 5.74) is 4.23. The topological polar surface area (TPSA) is 174 Å². The first kappa shape index (κ1) is 34.1. The fourth-order valence-electron chi connectivity index (χ4n) is 6.20. The van der Waals surface area contributed by atoms with Crippen LogP contribution in [0.3, 0.4) is 0 Å². The number of ether oxygens (including phenoxy) is 3. The number of fused-ring (bicyclic) bond motifs is 1. The Morgan fingerprint density at radius 3 is 2.61 bits per heavy atom. The quantitative estimate of drug-likeness (QED) is 0.140. The molecule has 5 atom stereocenters. The molecule has 13 nitrogen and oxygen atoms in total. The first-order valence-electron chi connectivity index (χ1n) is 15.8. The number of aliphatic hydroxyl groups excluding tert-OH is 1. The van der Waals surface area contributed by atoms with Crippen LogP contribution in [-0.4, -0.2) is 87.8 Å². The van der Waals surface area contributed by atoms with Gasteiger partial charge < -0.3 is 35.3 Å². The van der Waals surface area contributed by atoms with Crippen molar-refractivity contribution in [2.75, 3.05) is 38.2 Å². The summed E-state index contributed by atoms with van der Waals surface area (Å²) in [7, 11) is -3.96. The Labute approximate surface area is 269 Å². The average Bonchev–Trinajstić information content (AvgIpc) is 3.80. The third kappa shape index (κ3) is 8.35. The second-order valence-corrected chi connectivity index (χ2v) is 14.2. The van der Waals surface area contributed by atoms with E-state index in [2.05, 4.69) is 21.4 Å². The number of aliphatic hydroxyl groups is 1. The van der Waals surface area contributed by atoms with E-state index in [1.807, 2.05) is 30.3 Å². The van der Waals surface area contributed by atoms with Gasteiger partial charge in [0.25, 0.3) is 0 Å². The zero-order valence-electron chi connectivity index (χ0n) is 26.0. The molecular formula is C32H44N4O9S. The summed E-state index contributed by atoms with van der Waals surface area (Å²) >= 11 is 0. The molecule has 0 unspecified atom stereocenters. The minimum absolute atomic E-state index is 0.0249. The molecule has 3 fully saturated rings. The molecule has 3 aliphatic rings. The Bertz CT molecular complexity index is 1420. The Hall–Kier alpha value is -3.27. The summed E-state index contributed by atoms with van der Waals surface area (Å²) < 4.78 is 44.7. The molecule has 0 radical (unpaired) electrons. The molecule has 2 aromatic carbocycles. The molecule has 0 aromatic heterocycles. The maximum Gasteiger partial charge on any atom is 0.407 e. The van der Waals surface area contributed by atoms with Gasteiger partial charge in [0.15, 0.2) is 11.2 Å². The van der Waals surface area contributed by atoms with Crippen molar-refractivity contribution in [2.45, 2.75) is 79.8 Å². The lowest BCUT2D eigenvalue weighted by Gasteiger charge is -2.31. The Balaban J connectivity index is 1.22. The first-order valence-corrected chi connectivity index (χ1v) is 17.3. The number of hydrogen-bond donors (Lipinski definition) is 5. The van der Waals surface area contributed by atoms with E-state index in [-0.39, 0.29) is 49.0 Å². The van der Waals surface area contributed by atoms with E-state index in [0.717, 1.165) is 12.0 Å². The van der Waals surface area contributed by atoms with Crippen molar-refractivity contribution in [3.05, 3.63) is 60.2 Å². The number of nitrogens with one attached hydrogen (secondary N) is 4. The van der Waals surface area contributed by atoms with Gasteiger partial charge in [0, 0.05) is 32.2 Å². The minimum Gasteiger partial charge on any atom is -0.443 e. The average molecular weight is 661 g/mol. The Morgan fingerprint density at radius 1 is 1.07 bits per heavy atom. The van der Waals surface area contributed by atoms with Crippen molar-refractivity contribution < 1.29 is 42.2 Å². The second-order valence-electron chi connectivity index (χ2n) is 12.0. The number of rotatable bonds is 15. The van der Waals surface area contributed by atoms with Gasteiger partial charge in [0.2, 0.25) is 15.7 Å². The normalized spacial score (nSPS) is 23.3. The highest BCUT2D eigenvalue weighted by molar-refractivity contribution is 7.92. The van der Waals surface area contributed by atoms with Gasteiger partial charge in [-0.1, -0.05) is 36.4 Å². The lowest BCUT2D eigenvalue weighted by molar-refractivity contribution is -0.118. The zero-order valence-corrected chi connectivity index (χ0v) is 26.8. The molecule has 2 heterocycles. The van der Waals surface area contributed by atoms with Crippen molar-refractivity contribution in [2.24, 2.45) is 5.92 Å². The summed E-state index contributed by atoms with van der Waals surface area (Å²) in [6.45, 7) is 2.91. The Morgan fingerprint density at radius 2 is 1.85 bits per heavy atom. The molecule has 2 aliphatic heterocycles. The van der Waals surface area contributed by atoms with E-state index < -0.39 is 39.1 Å². The summed E-state index contributed by atoms with van der Waals surface area (Å²) in [4.78, 5) is 28.6. The lowest BCUT2D eigenvalue weighted by Crippen LogP contribution is -2.51. The maximum atomic E-state index is 14.0. The molecule has 1 aliphatic carbocycles. The standard InChI is InChI=1S/C32H44N4O9S/c1-22(37)33-15-16-34-24-10-7-11-25(19-24)46(40,41)32(13-5-6-14-32)45-35-20-28(38)27(18-23-8-3-2-4-9-23)36-31(39)44-29-21-43-30-26(29)12-17-42-30/h2-4,7-11,19,26-30,34-35,38H,5-6,12-18,20-21H2,1H3,(H,33,37)(H,36,39)/t26-,27+,28-,29-,30+/m1/s1. The number of benzene rings is 2. The largest absolute Gasteiger partial charge is 0.443 e. The third-order valence-electron chi connectivity index (χ3n) is 8.69. The highest BCUT2D eigenvalue weighted by atomic mass is 32.2. The van der Waals surface area contributed by atoms with Crippen LogP contribution in [0, 0.1) is 5.92 Å². The number of anilines is 1. The molecular weight excluding hydrogens is 616 g/mol. The molecule has 14 heteroatoms. The van der Waals surface area contributed by atoms with E-state index in [4.69, 9.17) is 19.0 Å². The highest BCUT2D eigenvalue weighted by Gasteiger charge is 2.49. The summed E-state index contributed by atoms with van der Waals surface area (Å²) in [5, 5.41) is 19.9. The fraction of sp³-hybridized carbons (Fsp3) is 0.562. The number of sulfone groups is 1. The van der Waals surface area contributed by atoms with Gasteiger partial charge in [-0.2, -0.15) is 5.48 Å². The van der Waals surface area contributed by atoms with E-state index in [1.54, 1.807) is 18.2 Å². The molecule has 1 saturated carbocycles. The van der Waals surface area contributed by atoms with Crippen LogP contribution in [0.15, 0.2) is 59.5 Å². The van der Waals surface area contributed by atoms with Crippen LogP contribution < -0.4 is 21.4 Å². The second kappa shape index (κ2) is 15.5. The maximum absolute atomic E-state index is 14.0. The van der Waals surface area contributed by atoms with Gasteiger partial charge in [-0.3, -0.25) is 9.63 Å². The van der Waals surface area contributed by atoms with Crippen molar-refractivity contribution in [1.29, 1.82) is 0 Å². The molecule has 252 valence electrons. The van der Waals surface area contributed by atoms with Crippen LogP contribution in [0.4, 0.5) is 10.5 Å². The number of hydroxylamine groups is 1. The smallest absolute Gasteiger partial charge is 0.407 e. The van der Waals surface area contributed by atoms with E-state index >= 15 is 0 Å². The first-order chi connectivity index (χ1) is 22.2. The van der Waals surface area contributed by atoms with Gasteiger partial charge in [-0.15, -0.1) is 0 Å². The number of amides is 2. The minimum atomic E-state index is -3.96. The number of hydrogen-bond acceptors (Lipinski definition) is 11. The molecule has 2 amide bonds. The van der Waals surface area contributed by atoms with Crippen LogP contribution in [0.25, 0.3) is 0 Å². The SMILES string of the molecule is CC(=O)NCCNc1cccc(S(=O)(=O)C2(ONC[C@@H](O)[C@H](Cc3ccccc3)NC(=O)O[C@@H]3CO[C@@H]4OCC[C@@H]43)CCCC2)c1. The molecule has 0 spiro atoms. The summed E-state index contributed by atoms with van der Waals surface area (Å²) in [6, 6.07) is 15.2. The van der Waals surface area contributed by atoms with Gasteiger partial charge in [0.05, 0.1) is 36.2 Å². The van der Waals surface area contributed by atoms with E-state index in [0.29, 0.717) is 44.6 Å². The van der Waals surface area contributed by atoms with Crippen LogP contribution in [0.1, 0.15) is 44.6 Å². The molecule has 2 saturated heterocycles. The molecule has 5 N–H and O–H groups in total. The number of carbonyl (C=O) groups is 2. The molecule has 0 bridgehead atoms. The van der Waals surface area contributed by atoms with Gasteiger partial charge in [-0.05, 0) is 62.3 Å².